The largest absolute Gasteiger partial charge is 0.330 e. The maximum Gasteiger partial charge on any atom is 0.0363 e. The lowest BCUT2D eigenvalue weighted by Gasteiger charge is -2.19. The van der Waals surface area contributed by atoms with E-state index in [1.54, 1.807) is 0 Å². The van der Waals surface area contributed by atoms with E-state index in [9.17, 15) is 0 Å². The van der Waals surface area contributed by atoms with Gasteiger partial charge in [0, 0.05) is 12.6 Å². The molecule has 2 nitrogen and oxygen atoms in total. The zero-order valence-electron chi connectivity index (χ0n) is 8.03. The summed E-state index contributed by atoms with van der Waals surface area (Å²) in [5.41, 5.74) is 8.53. The molecular weight excluding hydrogens is 160 g/mol. The Balaban J connectivity index is 2.29. The first-order chi connectivity index (χ1) is 6.33. The van der Waals surface area contributed by atoms with E-state index in [2.05, 4.69) is 36.2 Å². The summed E-state index contributed by atoms with van der Waals surface area (Å²) in [7, 11) is 2.17. The molecule has 1 aliphatic heterocycles. The van der Waals surface area contributed by atoms with Crippen LogP contribution < -0.4 is 5.73 Å². The van der Waals surface area contributed by atoms with Crippen LogP contribution in [-0.2, 0) is 6.54 Å². The Bertz CT molecular complexity index is 296. The third kappa shape index (κ3) is 1.47. The highest BCUT2D eigenvalue weighted by atomic mass is 15.1. The lowest BCUT2D eigenvalue weighted by Crippen LogP contribution is -2.19. The predicted molar refractivity (Wildman–Crippen MR) is 54.3 cm³/mol. The molecule has 2 N–H and O–H groups in total. The second kappa shape index (κ2) is 3.48. The van der Waals surface area contributed by atoms with E-state index in [4.69, 9.17) is 5.73 Å². The van der Waals surface area contributed by atoms with E-state index in [1.807, 2.05) is 0 Å². The van der Waals surface area contributed by atoms with Gasteiger partial charge >= 0.3 is 0 Å². The molecule has 1 aromatic rings. The number of hydrogen-bond acceptors (Lipinski definition) is 2. The fourth-order valence-corrected chi connectivity index (χ4v) is 2.15. The minimum atomic E-state index is 0.543. The second-order valence-corrected chi connectivity index (χ2v) is 3.71. The van der Waals surface area contributed by atoms with E-state index in [0.717, 1.165) is 19.5 Å². The van der Waals surface area contributed by atoms with Gasteiger partial charge in [0.05, 0.1) is 0 Å². The molecule has 0 bridgehead atoms. The number of benzene rings is 1. The average molecular weight is 176 g/mol. The molecule has 0 aliphatic carbocycles. The van der Waals surface area contributed by atoms with Crippen LogP contribution in [0.4, 0.5) is 0 Å². The molecule has 70 valence electrons. The molecule has 2 rings (SSSR count). The van der Waals surface area contributed by atoms with Crippen LogP contribution in [0.2, 0.25) is 0 Å². The molecule has 0 fully saturated rings. The predicted octanol–water partition coefficient (Wildman–Crippen LogP) is 1.52. The monoisotopic (exact) mass is 176 g/mol. The van der Waals surface area contributed by atoms with Gasteiger partial charge in [-0.15, -0.1) is 0 Å². The SMILES string of the molecule is CN1Cc2ccccc2C1CCN. The van der Waals surface area contributed by atoms with Crippen molar-refractivity contribution in [1.82, 2.24) is 4.90 Å². The van der Waals surface area contributed by atoms with Gasteiger partial charge in [-0.3, -0.25) is 4.90 Å². The van der Waals surface area contributed by atoms with Crippen LogP contribution in [-0.4, -0.2) is 18.5 Å². The first-order valence-corrected chi connectivity index (χ1v) is 4.81. The lowest BCUT2D eigenvalue weighted by molar-refractivity contribution is 0.258. The quantitative estimate of drug-likeness (QED) is 0.740. The van der Waals surface area contributed by atoms with Gasteiger partial charge in [0.1, 0.15) is 0 Å². The third-order valence-electron chi connectivity index (χ3n) is 2.81. The number of fused-ring (bicyclic) bond motifs is 1. The molecule has 0 saturated carbocycles. The van der Waals surface area contributed by atoms with Crippen LogP contribution in [0.1, 0.15) is 23.6 Å². The summed E-state index contributed by atoms with van der Waals surface area (Å²) in [4.78, 5) is 2.37. The van der Waals surface area contributed by atoms with Gasteiger partial charge in [-0.05, 0) is 31.1 Å². The standard InChI is InChI=1S/C11H16N2/c1-13-8-9-4-2-3-5-10(9)11(13)6-7-12/h2-5,11H,6-8,12H2,1H3. The van der Waals surface area contributed by atoms with Crippen molar-refractivity contribution >= 4 is 0 Å². The van der Waals surface area contributed by atoms with Gasteiger partial charge in [-0.25, -0.2) is 0 Å². The molecular formula is C11H16N2. The van der Waals surface area contributed by atoms with Crippen LogP contribution in [0.5, 0.6) is 0 Å². The molecule has 1 aliphatic rings. The molecule has 0 aromatic heterocycles. The highest BCUT2D eigenvalue weighted by molar-refractivity contribution is 5.33. The van der Waals surface area contributed by atoms with Gasteiger partial charge in [0.15, 0.2) is 0 Å². The third-order valence-corrected chi connectivity index (χ3v) is 2.81. The van der Waals surface area contributed by atoms with Crippen LogP contribution in [0.25, 0.3) is 0 Å². The molecule has 1 aromatic carbocycles. The van der Waals surface area contributed by atoms with Gasteiger partial charge in [-0.2, -0.15) is 0 Å². The Morgan fingerprint density at radius 2 is 2.23 bits per heavy atom. The van der Waals surface area contributed by atoms with Crippen molar-refractivity contribution in [2.45, 2.75) is 19.0 Å². The fraction of sp³-hybridized carbons (Fsp3) is 0.455. The van der Waals surface area contributed by atoms with Crippen molar-refractivity contribution in [1.29, 1.82) is 0 Å². The lowest BCUT2D eigenvalue weighted by atomic mass is 10.0. The molecule has 1 atom stereocenters. The fourth-order valence-electron chi connectivity index (χ4n) is 2.15. The first kappa shape index (κ1) is 8.73. The summed E-state index contributed by atoms with van der Waals surface area (Å²) in [6, 6.07) is 9.20. The summed E-state index contributed by atoms with van der Waals surface area (Å²) in [5, 5.41) is 0. The van der Waals surface area contributed by atoms with Gasteiger partial charge in [0.25, 0.3) is 0 Å². The Hall–Kier alpha value is -0.860. The molecule has 0 amide bonds. The number of rotatable bonds is 2. The smallest absolute Gasteiger partial charge is 0.0363 e. The molecule has 0 saturated heterocycles. The maximum atomic E-state index is 5.60. The number of nitrogens with zero attached hydrogens (tertiary/aromatic N) is 1. The summed E-state index contributed by atoms with van der Waals surface area (Å²) in [6.07, 6.45) is 1.06. The van der Waals surface area contributed by atoms with E-state index in [0.29, 0.717) is 6.04 Å². The van der Waals surface area contributed by atoms with Crippen LogP contribution >= 0.6 is 0 Å². The van der Waals surface area contributed by atoms with E-state index >= 15 is 0 Å². The van der Waals surface area contributed by atoms with Crippen LogP contribution in [0.15, 0.2) is 24.3 Å². The van der Waals surface area contributed by atoms with Crippen LogP contribution in [0, 0.1) is 0 Å². The zero-order valence-corrected chi connectivity index (χ0v) is 8.03. The highest BCUT2D eigenvalue weighted by Crippen LogP contribution is 2.33. The molecule has 0 radical (unpaired) electrons. The van der Waals surface area contributed by atoms with E-state index in [1.165, 1.54) is 11.1 Å². The molecule has 1 heterocycles. The molecule has 13 heavy (non-hydrogen) atoms. The zero-order chi connectivity index (χ0) is 9.26. The summed E-state index contributed by atoms with van der Waals surface area (Å²) in [6.45, 7) is 1.84. The summed E-state index contributed by atoms with van der Waals surface area (Å²) in [5.74, 6) is 0. The van der Waals surface area contributed by atoms with Crippen molar-refractivity contribution in [3.63, 3.8) is 0 Å². The topological polar surface area (TPSA) is 29.3 Å². The molecule has 0 spiro atoms. The number of nitrogens with two attached hydrogens (primary N) is 1. The minimum Gasteiger partial charge on any atom is -0.330 e. The molecule has 1 unspecified atom stereocenters. The Labute approximate surface area is 79.4 Å². The van der Waals surface area contributed by atoms with Crippen molar-refractivity contribution in [2.24, 2.45) is 5.73 Å². The van der Waals surface area contributed by atoms with Crippen molar-refractivity contribution in [2.75, 3.05) is 13.6 Å². The van der Waals surface area contributed by atoms with Gasteiger partial charge < -0.3 is 5.73 Å². The average Bonchev–Trinajstić information content (AvgIpc) is 2.44. The molecule has 2 heteroatoms. The maximum absolute atomic E-state index is 5.60. The summed E-state index contributed by atoms with van der Waals surface area (Å²) >= 11 is 0. The van der Waals surface area contributed by atoms with Gasteiger partial charge in [0.2, 0.25) is 0 Å². The summed E-state index contributed by atoms with van der Waals surface area (Å²) < 4.78 is 0. The Morgan fingerprint density at radius 3 is 3.00 bits per heavy atom. The Kier molecular flexibility index (Phi) is 2.34. The van der Waals surface area contributed by atoms with Crippen LogP contribution in [0.3, 0.4) is 0 Å². The highest BCUT2D eigenvalue weighted by Gasteiger charge is 2.25. The first-order valence-electron chi connectivity index (χ1n) is 4.81. The van der Waals surface area contributed by atoms with Crippen molar-refractivity contribution in [3.05, 3.63) is 35.4 Å². The second-order valence-electron chi connectivity index (χ2n) is 3.71. The number of hydrogen-bond donors (Lipinski definition) is 1. The van der Waals surface area contributed by atoms with Gasteiger partial charge in [-0.1, -0.05) is 24.3 Å². The van der Waals surface area contributed by atoms with E-state index in [-0.39, 0.29) is 0 Å². The van der Waals surface area contributed by atoms with Crippen molar-refractivity contribution < 1.29 is 0 Å². The van der Waals surface area contributed by atoms with E-state index < -0.39 is 0 Å². The Morgan fingerprint density at radius 1 is 1.46 bits per heavy atom. The normalized spacial score (nSPS) is 21.8. The minimum absolute atomic E-state index is 0.543. The van der Waals surface area contributed by atoms with Crippen molar-refractivity contribution in [3.8, 4) is 0 Å².